The number of imidazole rings is 1. The zero-order valence-corrected chi connectivity index (χ0v) is 17.0. The van der Waals surface area contributed by atoms with Crippen molar-refractivity contribution in [3.8, 4) is 0 Å². The molecule has 0 saturated carbocycles. The van der Waals surface area contributed by atoms with Gasteiger partial charge in [0, 0.05) is 38.9 Å². The summed E-state index contributed by atoms with van der Waals surface area (Å²) in [6, 6.07) is 5.60. The van der Waals surface area contributed by atoms with Crippen LogP contribution in [0.2, 0.25) is 0 Å². The lowest BCUT2D eigenvalue weighted by molar-refractivity contribution is -0.129. The standard InChI is InChI=1S/C19H26N4O4S/c1-13(24)22-7-5-14(6-8-22)20-10-15-11-27-12-19-21-17-9-16(28(2,25)26)3-4-18(17)23(15)19/h3-4,9,14-15,20H,5-8,10-12H2,1-2H3. The topological polar surface area (TPSA) is 93.5 Å². The molecule has 1 aromatic heterocycles. The molecule has 0 aliphatic carbocycles. The summed E-state index contributed by atoms with van der Waals surface area (Å²) in [6.45, 7) is 4.97. The average molecular weight is 407 g/mol. The van der Waals surface area contributed by atoms with Crippen LogP contribution >= 0.6 is 0 Å². The monoisotopic (exact) mass is 406 g/mol. The van der Waals surface area contributed by atoms with Crippen molar-refractivity contribution in [3.63, 3.8) is 0 Å². The highest BCUT2D eigenvalue weighted by Gasteiger charge is 2.26. The third kappa shape index (κ3) is 3.78. The third-order valence-electron chi connectivity index (χ3n) is 5.65. The number of carbonyl (C=O) groups is 1. The summed E-state index contributed by atoms with van der Waals surface area (Å²) in [5.74, 6) is 0.965. The second-order valence-corrected chi connectivity index (χ2v) is 9.69. The van der Waals surface area contributed by atoms with Crippen molar-refractivity contribution in [2.45, 2.75) is 43.4 Å². The van der Waals surface area contributed by atoms with Crippen LogP contribution in [0.1, 0.15) is 31.6 Å². The largest absolute Gasteiger partial charge is 0.371 e. The van der Waals surface area contributed by atoms with E-state index >= 15 is 0 Å². The summed E-state index contributed by atoms with van der Waals surface area (Å²) in [4.78, 5) is 18.2. The highest BCUT2D eigenvalue weighted by molar-refractivity contribution is 7.90. The quantitative estimate of drug-likeness (QED) is 0.818. The fourth-order valence-corrected chi connectivity index (χ4v) is 4.72. The Hall–Kier alpha value is -1.97. The van der Waals surface area contributed by atoms with Crippen LogP contribution in [0.3, 0.4) is 0 Å². The van der Waals surface area contributed by atoms with Gasteiger partial charge in [-0.15, -0.1) is 0 Å². The van der Waals surface area contributed by atoms with Gasteiger partial charge in [0.2, 0.25) is 5.91 Å². The van der Waals surface area contributed by atoms with Crippen LogP contribution in [0.15, 0.2) is 23.1 Å². The number of carbonyl (C=O) groups excluding carboxylic acids is 1. The first kappa shape index (κ1) is 19.4. The molecule has 0 spiro atoms. The zero-order chi connectivity index (χ0) is 19.9. The molecule has 0 radical (unpaired) electrons. The third-order valence-corrected chi connectivity index (χ3v) is 6.76. The molecule has 8 nitrogen and oxygen atoms in total. The summed E-state index contributed by atoms with van der Waals surface area (Å²) >= 11 is 0. The van der Waals surface area contributed by atoms with Crippen LogP contribution in [0.5, 0.6) is 0 Å². The Morgan fingerprint density at radius 1 is 1.32 bits per heavy atom. The van der Waals surface area contributed by atoms with E-state index in [0.717, 1.165) is 43.8 Å². The Kier molecular flexibility index (Phi) is 5.15. The van der Waals surface area contributed by atoms with Crippen molar-refractivity contribution in [2.24, 2.45) is 0 Å². The molecular formula is C19H26N4O4S. The molecule has 3 heterocycles. The normalized spacial score (nSPS) is 21.1. The molecule has 1 saturated heterocycles. The first-order valence-electron chi connectivity index (χ1n) is 9.60. The number of hydrogen-bond acceptors (Lipinski definition) is 6. The molecule has 4 rings (SSSR count). The Labute approximate surface area is 164 Å². The molecule has 2 aromatic rings. The van der Waals surface area contributed by atoms with Crippen LogP contribution in [0.4, 0.5) is 0 Å². The predicted molar refractivity (Wildman–Crippen MR) is 105 cm³/mol. The molecule has 1 fully saturated rings. The van der Waals surface area contributed by atoms with Gasteiger partial charge in [0.15, 0.2) is 9.84 Å². The molecule has 9 heteroatoms. The molecule has 1 unspecified atom stereocenters. The van der Waals surface area contributed by atoms with Crippen LogP contribution in [-0.4, -0.2) is 67.3 Å². The van der Waals surface area contributed by atoms with E-state index in [1.165, 1.54) is 6.26 Å². The number of sulfone groups is 1. The summed E-state index contributed by atoms with van der Waals surface area (Å²) in [6.07, 6.45) is 3.10. The number of amides is 1. The second-order valence-electron chi connectivity index (χ2n) is 7.68. The van der Waals surface area contributed by atoms with Crippen molar-refractivity contribution >= 4 is 26.8 Å². The number of aromatic nitrogens is 2. The number of nitrogens with zero attached hydrogens (tertiary/aromatic N) is 3. The number of ether oxygens (including phenoxy) is 1. The van der Waals surface area contributed by atoms with Crippen molar-refractivity contribution in [1.82, 2.24) is 19.8 Å². The van der Waals surface area contributed by atoms with Crippen LogP contribution in [0.25, 0.3) is 11.0 Å². The number of likely N-dealkylation sites (tertiary alicyclic amines) is 1. The summed E-state index contributed by atoms with van der Waals surface area (Å²) in [5, 5.41) is 3.62. The SMILES string of the molecule is CC(=O)N1CCC(NCC2COCc3nc4cc(S(C)(=O)=O)ccc4n32)CC1. The molecule has 152 valence electrons. The van der Waals surface area contributed by atoms with Crippen LogP contribution in [0, 0.1) is 0 Å². The highest BCUT2D eigenvalue weighted by atomic mass is 32.2. The molecule has 28 heavy (non-hydrogen) atoms. The van der Waals surface area contributed by atoms with Gasteiger partial charge in [0.25, 0.3) is 0 Å². The van der Waals surface area contributed by atoms with Gasteiger partial charge in [-0.2, -0.15) is 0 Å². The van der Waals surface area contributed by atoms with E-state index in [4.69, 9.17) is 4.74 Å². The van der Waals surface area contributed by atoms with Gasteiger partial charge in [0.05, 0.1) is 28.6 Å². The van der Waals surface area contributed by atoms with Crippen molar-refractivity contribution < 1.29 is 17.9 Å². The van der Waals surface area contributed by atoms with E-state index in [1.54, 1.807) is 19.1 Å². The van der Waals surface area contributed by atoms with E-state index < -0.39 is 9.84 Å². The average Bonchev–Trinajstić information content (AvgIpc) is 3.04. The first-order chi connectivity index (χ1) is 13.3. The van der Waals surface area contributed by atoms with E-state index in [1.807, 2.05) is 11.0 Å². The molecule has 1 amide bonds. The first-order valence-corrected chi connectivity index (χ1v) is 11.5. The van der Waals surface area contributed by atoms with E-state index in [0.29, 0.717) is 24.8 Å². The molecule has 0 bridgehead atoms. The number of nitrogens with one attached hydrogen (secondary N) is 1. The summed E-state index contributed by atoms with van der Waals surface area (Å²) in [7, 11) is -3.27. The Bertz CT molecular complexity index is 993. The lowest BCUT2D eigenvalue weighted by Gasteiger charge is -2.33. The zero-order valence-electron chi connectivity index (χ0n) is 16.2. The van der Waals surface area contributed by atoms with E-state index in [-0.39, 0.29) is 16.8 Å². The predicted octanol–water partition coefficient (Wildman–Crippen LogP) is 1.11. The van der Waals surface area contributed by atoms with Gasteiger partial charge >= 0.3 is 0 Å². The number of hydrogen-bond donors (Lipinski definition) is 1. The minimum atomic E-state index is -3.27. The van der Waals surface area contributed by atoms with Gasteiger partial charge in [-0.3, -0.25) is 4.79 Å². The van der Waals surface area contributed by atoms with Gasteiger partial charge in [0.1, 0.15) is 12.4 Å². The molecule has 1 atom stereocenters. The lowest BCUT2D eigenvalue weighted by Crippen LogP contribution is -2.46. The summed E-state index contributed by atoms with van der Waals surface area (Å²) in [5.41, 5.74) is 1.62. The highest BCUT2D eigenvalue weighted by Crippen LogP contribution is 2.27. The smallest absolute Gasteiger partial charge is 0.219 e. The molecular weight excluding hydrogens is 380 g/mol. The van der Waals surface area contributed by atoms with E-state index in [9.17, 15) is 13.2 Å². The van der Waals surface area contributed by atoms with E-state index in [2.05, 4.69) is 14.9 Å². The molecule has 1 aromatic carbocycles. The Morgan fingerprint density at radius 3 is 2.75 bits per heavy atom. The minimum Gasteiger partial charge on any atom is -0.371 e. The maximum Gasteiger partial charge on any atom is 0.219 e. The van der Waals surface area contributed by atoms with Crippen molar-refractivity contribution in [2.75, 3.05) is 32.5 Å². The van der Waals surface area contributed by atoms with Gasteiger partial charge in [-0.1, -0.05) is 0 Å². The maximum absolute atomic E-state index is 11.8. The minimum absolute atomic E-state index is 0.101. The fraction of sp³-hybridized carbons (Fsp3) is 0.579. The van der Waals surface area contributed by atoms with Gasteiger partial charge < -0.3 is 19.5 Å². The fourth-order valence-electron chi connectivity index (χ4n) is 4.08. The second kappa shape index (κ2) is 7.46. The number of benzene rings is 1. The maximum atomic E-state index is 11.8. The molecule has 2 aliphatic heterocycles. The van der Waals surface area contributed by atoms with Crippen molar-refractivity contribution in [3.05, 3.63) is 24.0 Å². The number of rotatable bonds is 4. The molecule has 1 N–H and O–H groups in total. The van der Waals surface area contributed by atoms with Gasteiger partial charge in [-0.25, -0.2) is 13.4 Å². The summed E-state index contributed by atoms with van der Waals surface area (Å²) < 4.78 is 31.6. The molecule has 2 aliphatic rings. The van der Waals surface area contributed by atoms with Gasteiger partial charge in [-0.05, 0) is 31.0 Å². The van der Waals surface area contributed by atoms with Crippen molar-refractivity contribution in [1.29, 1.82) is 0 Å². The lowest BCUT2D eigenvalue weighted by atomic mass is 10.0. The number of fused-ring (bicyclic) bond motifs is 3. The van der Waals surface area contributed by atoms with Crippen LogP contribution < -0.4 is 5.32 Å². The Morgan fingerprint density at radius 2 is 2.07 bits per heavy atom. The van der Waals surface area contributed by atoms with Crippen LogP contribution in [-0.2, 0) is 26.0 Å². The Balaban J connectivity index is 1.50. The number of piperidine rings is 1.